The molecule has 0 saturated carbocycles. The summed E-state index contributed by atoms with van der Waals surface area (Å²) in [6, 6.07) is 10.3. The molecule has 0 aliphatic carbocycles. The SMILES string of the molecule is NC[C@H]1CCN(Cc2cnc3c(-c4ccccc4)cnn3c2)C1. The zero-order valence-electron chi connectivity index (χ0n) is 13.1. The van der Waals surface area contributed by atoms with Crippen molar-refractivity contribution in [2.24, 2.45) is 11.7 Å². The zero-order chi connectivity index (χ0) is 15.6. The van der Waals surface area contributed by atoms with Crippen LogP contribution >= 0.6 is 0 Å². The highest BCUT2D eigenvalue weighted by Gasteiger charge is 2.21. The second-order valence-corrected chi connectivity index (χ2v) is 6.28. The van der Waals surface area contributed by atoms with Crippen molar-refractivity contribution in [1.82, 2.24) is 19.5 Å². The maximum absolute atomic E-state index is 5.77. The van der Waals surface area contributed by atoms with Crippen LogP contribution < -0.4 is 5.73 Å². The predicted octanol–water partition coefficient (Wildman–Crippen LogP) is 2.18. The Labute approximate surface area is 135 Å². The van der Waals surface area contributed by atoms with E-state index >= 15 is 0 Å². The van der Waals surface area contributed by atoms with E-state index in [-0.39, 0.29) is 0 Å². The van der Waals surface area contributed by atoms with Crippen molar-refractivity contribution in [3.05, 3.63) is 54.5 Å². The van der Waals surface area contributed by atoms with Crippen LogP contribution in [0.1, 0.15) is 12.0 Å². The average Bonchev–Trinajstić information content (AvgIpc) is 3.22. The highest BCUT2D eigenvalue weighted by Crippen LogP contribution is 2.23. The van der Waals surface area contributed by atoms with E-state index in [4.69, 9.17) is 5.73 Å². The number of benzene rings is 1. The molecule has 0 bridgehead atoms. The molecule has 1 saturated heterocycles. The van der Waals surface area contributed by atoms with E-state index in [1.807, 2.05) is 35.1 Å². The quantitative estimate of drug-likeness (QED) is 0.802. The number of hydrogen-bond donors (Lipinski definition) is 1. The Morgan fingerprint density at radius 3 is 2.83 bits per heavy atom. The molecule has 1 aromatic carbocycles. The summed E-state index contributed by atoms with van der Waals surface area (Å²) >= 11 is 0. The molecule has 2 aromatic heterocycles. The van der Waals surface area contributed by atoms with Gasteiger partial charge in [0.05, 0.1) is 6.20 Å². The first-order chi connectivity index (χ1) is 11.3. The molecule has 1 atom stereocenters. The molecule has 3 aromatic rings. The van der Waals surface area contributed by atoms with Crippen molar-refractivity contribution >= 4 is 5.65 Å². The standard InChI is InChI=1S/C18H21N5/c19-8-14-6-7-22(11-14)12-15-9-20-18-17(10-21-23(18)13-15)16-4-2-1-3-5-16/h1-5,9-10,13-14H,6-8,11-12,19H2/t14-/m1/s1. The fourth-order valence-corrected chi connectivity index (χ4v) is 3.32. The minimum Gasteiger partial charge on any atom is -0.330 e. The largest absolute Gasteiger partial charge is 0.330 e. The number of fused-ring (bicyclic) bond motifs is 1. The van der Waals surface area contributed by atoms with Gasteiger partial charge < -0.3 is 5.73 Å². The second-order valence-electron chi connectivity index (χ2n) is 6.28. The van der Waals surface area contributed by atoms with Crippen LogP contribution in [0.2, 0.25) is 0 Å². The monoisotopic (exact) mass is 307 g/mol. The van der Waals surface area contributed by atoms with Gasteiger partial charge in [0.15, 0.2) is 5.65 Å². The van der Waals surface area contributed by atoms with Gasteiger partial charge >= 0.3 is 0 Å². The maximum Gasteiger partial charge on any atom is 0.162 e. The molecule has 1 aliphatic heterocycles. The molecule has 0 amide bonds. The predicted molar refractivity (Wildman–Crippen MR) is 90.9 cm³/mol. The molecule has 1 aliphatic rings. The van der Waals surface area contributed by atoms with E-state index in [2.05, 4.69) is 33.3 Å². The summed E-state index contributed by atoms with van der Waals surface area (Å²) < 4.78 is 1.88. The fraction of sp³-hybridized carbons (Fsp3) is 0.333. The van der Waals surface area contributed by atoms with Crippen LogP contribution in [-0.2, 0) is 6.54 Å². The van der Waals surface area contributed by atoms with Crippen molar-refractivity contribution in [3.8, 4) is 11.1 Å². The molecule has 5 heteroatoms. The van der Waals surface area contributed by atoms with Crippen LogP contribution in [0.5, 0.6) is 0 Å². The Bertz CT molecular complexity index is 796. The van der Waals surface area contributed by atoms with Gasteiger partial charge in [-0.15, -0.1) is 0 Å². The third-order valence-electron chi connectivity index (χ3n) is 4.60. The van der Waals surface area contributed by atoms with Crippen LogP contribution in [-0.4, -0.2) is 39.1 Å². The van der Waals surface area contributed by atoms with Crippen molar-refractivity contribution in [2.45, 2.75) is 13.0 Å². The van der Waals surface area contributed by atoms with Crippen LogP contribution in [0, 0.1) is 5.92 Å². The molecule has 4 rings (SSSR count). The molecule has 23 heavy (non-hydrogen) atoms. The van der Waals surface area contributed by atoms with Gasteiger partial charge in [-0.05, 0) is 31.0 Å². The van der Waals surface area contributed by atoms with E-state index in [0.717, 1.165) is 43.0 Å². The van der Waals surface area contributed by atoms with E-state index < -0.39 is 0 Å². The number of nitrogens with zero attached hydrogens (tertiary/aromatic N) is 4. The molecule has 0 spiro atoms. The van der Waals surface area contributed by atoms with Gasteiger partial charge in [0.25, 0.3) is 0 Å². The first-order valence-electron chi connectivity index (χ1n) is 8.13. The van der Waals surface area contributed by atoms with E-state index in [0.29, 0.717) is 5.92 Å². The van der Waals surface area contributed by atoms with Crippen molar-refractivity contribution in [3.63, 3.8) is 0 Å². The Balaban J connectivity index is 1.58. The van der Waals surface area contributed by atoms with Gasteiger partial charge in [0, 0.05) is 36.6 Å². The third-order valence-corrected chi connectivity index (χ3v) is 4.60. The summed E-state index contributed by atoms with van der Waals surface area (Å²) in [5.41, 5.74) is 10.1. The molecule has 2 N–H and O–H groups in total. The summed E-state index contributed by atoms with van der Waals surface area (Å²) in [5.74, 6) is 0.640. The number of aromatic nitrogens is 3. The summed E-state index contributed by atoms with van der Waals surface area (Å²) in [4.78, 5) is 7.09. The van der Waals surface area contributed by atoms with Gasteiger partial charge in [0.2, 0.25) is 0 Å². The molecule has 5 nitrogen and oxygen atoms in total. The minimum atomic E-state index is 0.640. The fourth-order valence-electron chi connectivity index (χ4n) is 3.32. The van der Waals surface area contributed by atoms with E-state index in [9.17, 15) is 0 Å². The molecule has 0 unspecified atom stereocenters. The van der Waals surface area contributed by atoms with Gasteiger partial charge in [-0.2, -0.15) is 5.10 Å². The van der Waals surface area contributed by atoms with Crippen molar-refractivity contribution in [1.29, 1.82) is 0 Å². The van der Waals surface area contributed by atoms with Crippen LogP contribution in [0.15, 0.2) is 48.9 Å². The lowest BCUT2D eigenvalue weighted by molar-refractivity contribution is 0.317. The lowest BCUT2D eigenvalue weighted by Crippen LogP contribution is -2.23. The van der Waals surface area contributed by atoms with Gasteiger partial charge in [0.1, 0.15) is 0 Å². The maximum atomic E-state index is 5.77. The van der Waals surface area contributed by atoms with Crippen molar-refractivity contribution < 1.29 is 0 Å². The number of likely N-dealkylation sites (tertiary alicyclic amines) is 1. The van der Waals surface area contributed by atoms with Gasteiger partial charge in [-0.1, -0.05) is 30.3 Å². The van der Waals surface area contributed by atoms with Crippen LogP contribution in [0.3, 0.4) is 0 Å². The lowest BCUT2D eigenvalue weighted by atomic mass is 10.1. The summed E-state index contributed by atoms with van der Waals surface area (Å²) in [6.07, 6.45) is 7.15. The summed E-state index contributed by atoms with van der Waals surface area (Å²) in [7, 11) is 0. The molecule has 118 valence electrons. The Morgan fingerprint density at radius 2 is 2.04 bits per heavy atom. The van der Waals surface area contributed by atoms with Crippen LogP contribution in [0.25, 0.3) is 16.8 Å². The van der Waals surface area contributed by atoms with Gasteiger partial charge in [-0.25, -0.2) is 9.50 Å². The third kappa shape index (κ3) is 2.85. The molecular formula is C18H21N5. The number of hydrogen-bond acceptors (Lipinski definition) is 4. The first-order valence-corrected chi connectivity index (χ1v) is 8.13. The Morgan fingerprint density at radius 1 is 1.17 bits per heavy atom. The molecular weight excluding hydrogens is 286 g/mol. The molecule has 0 radical (unpaired) electrons. The Hall–Kier alpha value is -2.24. The molecule has 1 fully saturated rings. The smallest absolute Gasteiger partial charge is 0.162 e. The highest BCUT2D eigenvalue weighted by atomic mass is 15.2. The second kappa shape index (κ2) is 6.10. The highest BCUT2D eigenvalue weighted by molar-refractivity contribution is 5.76. The van der Waals surface area contributed by atoms with E-state index in [1.54, 1.807) is 0 Å². The number of rotatable bonds is 4. The first kappa shape index (κ1) is 14.4. The minimum absolute atomic E-state index is 0.640. The summed E-state index contributed by atoms with van der Waals surface area (Å²) in [6.45, 7) is 3.91. The average molecular weight is 307 g/mol. The van der Waals surface area contributed by atoms with Crippen LogP contribution in [0.4, 0.5) is 0 Å². The summed E-state index contributed by atoms with van der Waals surface area (Å²) in [5, 5.41) is 4.48. The number of nitrogens with two attached hydrogens (primary N) is 1. The van der Waals surface area contributed by atoms with Crippen molar-refractivity contribution in [2.75, 3.05) is 19.6 Å². The normalized spacial score (nSPS) is 18.7. The molecule has 3 heterocycles. The van der Waals surface area contributed by atoms with Gasteiger partial charge in [-0.3, -0.25) is 4.90 Å². The zero-order valence-corrected chi connectivity index (χ0v) is 13.1. The van der Waals surface area contributed by atoms with E-state index in [1.165, 1.54) is 12.0 Å². The topological polar surface area (TPSA) is 59.5 Å². The lowest BCUT2D eigenvalue weighted by Gasteiger charge is -2.15. The Kier molecular flexibility index (Phi) is 3.81.